The Balaban J connectivity index is 2.10. The standard InChI is InChI=1S/C16H24O4Se2/c1-12(2)9-10(13(3,4)19-12)21-22-16(18-9)11(17)14(5,6)20-15(16,7)8/h1-8H3. The number of hydrogen-bond acceptors (Lipinski definition) is 4. The van der Waals surface area contributed by atoms with Gasteiger partial charge >= 0.3 is 144 Å². The molecule has 1 saturated heterocycles. The second kappa shape index (κ2) is 4.41. The van der Waals surface area contributed by atoms with Crippen molar-refractivity contribution in [2.45, 2.75) is 82.3 Å². The van der Waals surface area contributed by atoms with Crippen LogP contribution in [0.2, 0.25) is 0 Å². The predicted octanol–water partition coefficient (Wildman–Crippen LogP) is 1.99. The Morgan fingerprint density at radius 3 is 1.91 bits per heavy atom. The van der Waals surface area contributed by atoms with Crippen LogP contribution in [-0.4, -0.2) is 58.9 Å². The van der Waals surface area contributed by atoms with Gasteiger partial charge in [0, 0.05) is 0 Å². The Bertz CT molecular complexity index is 589. The second-order valence-corrected chi connectivity index (χ2v) is 14.5. The molecule has 0 aliphatic carbocycles. The zero-order valence-corrected chi connectivity index (χ0v) is 17.9. The van der Waals surface area contributed by atoms with Crippen molar-refractivity contribution in [1.82, 2.24) is 0 Å². The van der Waals surface area contributed by atoms with Gasteiger partial charge < -0.3 is 0 Å². The van der Waals surface area contributed by atoms with Gasteiger partial charge in [-0.1, -0.05) is 0 Å². The van der Waals surface area contributed by atoms with Gasteiger partial charge in [0.1, 0.15) is 0 Å². The number of hydrogen-bond donors (Lipinski definition) is 0. The molecule has 4 nitrogen and oxygen atoms in total. The maximum absolute atomic E-state index is 13.1. The van der Waals surface area contributed by atoms with Gasteiger partial charge in [0.15, 0.2) is 0 Å². The summed E-state index contributed by atoms with van der Waals surface area (Å²) in [5.41, 5.74) is -2.20. The van der Waals surface area contributed by atoms with Crippen molar-refractivity contribution in [2.24, 2.45) is 0 Å². The van der Waals surface area contributed by atoms with Gasteiger partial charge in [0.2, 0.25) is 0 Å². The molecule has 0 aromatic heterocycles. The Labute approximate surface area is 143 Å². The van der Waals surface area contributed by atoms with Crippen molar-refractivity contribution in [2.75, 3.05) is 0 Å². The second-order valence-electron chi connectivity index (χ2n) is 8.12. The van der Waals surface area contributed by atoms with Crippen molar-refractivity contribution in [1.29, 1.82) is 0 Å². The van der Waals surface area contributed by atoms with E-state index in [0.717, 1.165) is 5.76 Å². The van der Waals surface area contributed by atoms with Crippen LogP contribution in [0, 0.1) is 0 Å². The maximum atomic E-state index is 13.1. The first-order chi connectivity index (χ1) is 9.75. The van der Waals surface area contributed by atoms with Crippen LogP contribution >= 0.6 is 0 Å². The molecule has 0 saturated carbocycles. The summed E-state index contributed by atoms with van der Waals surface area (Å²) in [6.07, 6.45) is 0. The number of ether oxygens (including phenoxy) is 3. The molecule has 6 heteroatoms. The van der Waals surface area contributed by atoms with Gasteiger partial charge in [-0.2, -0.15) is 0 Å². The first-order valence-corrected chi connectivity index (χ1v) is 13.6. The van der Waals surface area contributed by atoms with Gasteiger partial charge in [-0.3, -0.25) is 0 Å². The van der Waals surface area contributed by atoms with Crippen LogP contribution in [0.5, 0.6) is 0 Å². The van der Waals surface area contributed by atoms with Crippen molar-refractivity contribution in [3.05, 3.63) is 10.2 Å². The Morgan fingerprint density at radius 1 is 0.818 bits per heavy atom. The molecule has 0 amide bonds. The third-order valence-electron chi connectivity index (χ3n) is 4.45. The average molecular weight is 438 g/mol. The van der Waals surface area contributed by atoms with Gasteiger partial charge in [0.05, 0.1) is 0 Å². The molecular weight excluding hydrogens is 414 g/mol. The molecule has 0 bridgehead atoms. The molecule has 0 aromatic carbocycles. The number of carbonyl (C=O) groups excluding carboxylic acids is 1. The Hall–Kier alpha value is 0.169. The summed E-state index contributed by atoms with van der Waals surface area (Å²) in [4.78, 5) is 13.1. The van der Waals surface area contributed by atoms with Crippen molar-refractivity contribution in [3.8, 4) is 0 Å². The first kappa shape index (κ1) is 17.0. The number of carbonyl (C=O) groups is 1. The summed E-state index contributed by atoms with van der Waals surface area (Å²) in [5.74, 6) is 0.951. The van der Waals surface area contributed by atoms with Crippen LogP contribution in [0.15, 0.2) is 10.2 Å². The summed E-state index contributed by atoms with van der Waals surface area (Å²) < 4.78 is 19.2. The fourth-order valence-electron chi connectivity index (χ4n) is 3.57. The van der Waals surface area contributed by atoms with E-state index < -0.39 is 21.3 Å². The van der Waals surface area contributed by atoms with E-state index in [4.69, 9.17) is 14.2 Å². The molecule has 3 rings (SSSR count). The summed E-state index contributed by atoms with van der Waals surface area (Å²) in [6, 6.07) is 0. The number of Topliss-reactive ketones (excluding diaryl/α,β-unsaturated/α-hetero) is 1. The van der Waals surface area contributed by atoms with E-state index in [1.54, 1.807) is 0 Å². The Kier molecular flexibility index (Phi) is 3.41. The molecule has 124 valence electrons. The molecule has 1 unspecified atom stereocenters. The summed E-state index contributed by atoms with van der Waals surface area (Å²) in [6.45, 7) is 15.9. The van der Waals surface area contributed by atoms with Gasteiger partial charge in [-0.25, -0.2) is 0 Å². The fraction of sp³-hybridized carbons (Fsp3) is 0.812. The minimum atomic E-state index is -0.830. The SMILES string of the molecule is CC1(C)OC(C)(C)C2(OC3=C([Se][Se]2)C(C)(C)OC3(C)C)C1=O. The molecular formula is C16H24O4Se2. The molecule has 3 aliphatic rings. The van der Waals surface area contributed by atoms with Crippen LogP contribution < -0.4 is 0 Å². The summed E-state index contributed by atoms with van der Waals surface area (Å²) in [7, 11) is 0. The van der Waals surface area contributed by atoms with Crippen LogP contribution in [0.25, 0.3) is 0 Å². The average Bonchev–Trinajstić information content (AvgIpc) is 2.58. The van der Waals surface area contributed by atoms with E-state index >= 15 is 0 Å². The van der Waals surface area contributed by atoms with Crippen LogP contribution in [0.4, 0.5) is 0 Å². The van der Waals surface area contributed by atoms with E-state index in [9.17, 15) is 4.79 Å². The molecule has 0 radical (unpaired) electrons. The normalized spacial score (nSPS) is 37.4. The molecule has 3 heterocycles. The fourth-order valence-corrected chi connectivity index (χ4v) is 15.3. The number of ketones is 1. The zero-order chi connectivity index (χ0) is 16.8. The van der Waals surface area contributed by atoms with Crippen molar-refractivity contribution >= 4 is 32.0 Å². The predicted molar refractivity (Wildman–Crippen MR) is 85.8 cm³/mol. The van der Waals surface area contributed by atoms with Crippen molar-refractivity contribution in [3.63, 3.8) is 0 Å². The Morgan fingerprint density at radius 2 is 1.41 bits per heavy atom. The molecule has 0 N–H and O–H groups in total. The monoisotopic (exact) mass is 440 g/mol. The van der Waals surface area contributed by atoms with Crippen molar-refractivity contribution < 1.29 is 19.0 Å². The van der Waals surface area contributed by atoms with E-state index in [-0.39, 0.29) is 37.6 Å². The molecule has 1 atom stereocenters. The third kappa shape index (κ3) is 2.05. The van der Waals surface area contributed by atoms with E-state index in [0.29, 0.717) is 0 Å². The molecule has 1 spiro atoms. The van der Waals surface area contributed by atoms with Crippen LogP contribution in [0.3, 0.4) is 0 Å². The molecule has 0 aromatic rings. The molecule has 1 fully saturated rings. The summed E-state index contributed by atoms with van der Waals surface area (Å²) in [5, 5.41) is 0. The van der Waals surface area contributed by atoms with Gasteiger partial charge in [-0.15, -0.1) is 0 Å². The van der Waals surface area contributed by atoms with Gasteiger partial charge in [0.25, 0.3) is 0 Å². The summed E-state index contributed by atoms with van der Waals surface area (Å²) >= 11 is 0.253. The molecule has 3 aliphatic heterocycles. The topological polar surface area (TPSA) is 44.8 Å². The minimum absolute atomic E-state index is 0.0359. The third-order valence-corrected chi connectivity index (χ3v) is 13.8. The van der Waals surface area contributed by atoms with Gasteiger partial charge in [-0.05, 0) is 0 Å². The van der Waals surface area contributed by atoms with E-state index in [1.807, 2.05) is 41.5 Å². The van der Waals surface area contributed by atoms with E-state index in [1.165, 1.54) is 4.47 Å². The van der Waals surface area contributed by atoms with Crippen LogP contribution in [-0.2, 0) is 19.0 Å². The number of rotatable bonds is 0. The zero-order valence-electron chi connectivity index (χ0n) is 14.4. The molecule has 22 heavy (non-hydrogen) atoms. The first-order valence-electron chi connectivity index (χ1n) is 7.50. The quantitative estimate of drug-likeness (QED) is 0.543. The van der Waals surface area contributed by atoms with Crippen LogP contribution in [0.1, 0.15) is 55.4 Å². The van der Waals surface area contributed by atoms with E-state index in [2.05, 4.69) is 13.8 Å².